The number of ketones is 1. The average Bonchev–Trinajstić information content (AvgIpc) is 2.91. The Kier molecular flexibility index (Phi) is 9.64. The number of carbonyl (C=O) groups is 3. The van der Waals surface area contributed by atoms with E-state index < -0.39 is 75.9 Å². The fraction of sp³-hybridized carbons (Fsp3) is 0.406. The minimum absolute atomic E-state index is 0.133. The minimum atomic E-state index is -1.45. The number of benzene rings is 1. The Balaban J connectivity index is 1.60. The van der Waals surface area contributed by atoms with Gasteiger partial charge in [-0.05, 0) is 76.1 Å². The number of anilines is 1. The fourth-order valence-corrected chi connectivity index (χ4v) is 5.04. The summed E-state index contributed by atoms with van der Waals surface area (Å²) < 4.78 is 56.0. The highest BCUT2D eigenvalue weighted by molar-refractivity contribution is 5.96. The fourth-order valence-electron chi connectivity index (χ4n) is 5.04. The second-order valence-electron chi connectivity index (χ2n) is 12.1. The van der Waals surface area contributed by atoms with E-state index in [9.17, 15) is 32.7 Å². The Hall–Kier alpha value is -4.36. The van der Waals surface area contributed by atoms with Gasteiger partial charge in [0.05, 0.1) is 23.8 Å². The molecule has 2 amide bonds. The van der Waals surface area contributed by atoms with Gasteiger partial charge in [0.25, 0.3) is 0 Å². The molecular weight excluding hydrogens is 593 g/mol. The molecule has 3 heterocycles. The third kappa shape index (κ3) is 7.84. The molecule has 3 N–H and O–H groups in total. The highest BCUT2D eigenvalue weighted by Crippen LogP contribution is 2.38. The maximum absolute atomic E-state index is 14.9. The molecule has 1 aliphatic heterocycles. The summed E-state index contributed by atoms with van der Waals surface area (Å²) in [4.78, 5) is 45.3. The van der Waals surface area contributed by atoms with Gasteiger partial charge in [0.2, 0.25) is 5.91 Å². The molecule has 2 aromatic heterocycles. The molecule has 0 aliphatic carbocycles. The zero-order valence-electron chi connectivity index (χ0n) is 25.7. The number of Topliss-reactive ketones (excluding diaryl/α,β-unsaturated/α-hetero) is 1. The molecule has 0 unspecified atom stereocenters. The van der Waals surface area contributed by atoms with E-state index in [0.29, 0.717) is 11.1 Å². The van der Waals surface area contributed by atoms with E-state index in [1.54, 1.807) is 40.7 Å². The molecule has 1 fully saturated rings. The summed E-state index contributed by atoms with van der Waals surface area (Å²) >= 11 is 0. The number of hydrogen-bond donors (Lipinski definition) is 3. The van der Waals surface area contributed by atoms with Crippen molar-refractivity contribution in [1.82, 2.24) is 15.3 Å². The quantitative estimate of drug-likeness (QED) is 0.294. The van der Waals surface area contributed by atoms with Gasteiger partial charge in [-0.15, -0.1) is 0 Å². The smallest absolute Gasteiger partial charge is 0.407 e. The molecule has 4 atom stereocenters. The second kappa shape index (κ2) is 12.9. The van der Waals surface area contributed by atoms with Crippen molar-refractivity contribution in [1.29, 1.82) is 0 Å². The van der Waals surface area contributed by atoms with Crippen LogP contribution in [0.2, 0.25) is 0 Å². The Morgan fingerprint density at radius 1 is 1.11 bits per heavy atom. The number of pyridine rings is 2. The Bertz CT molecular complexity index is 1600. The van der Waals surface area contributed by atoms with Crippen LogP contribution in [0.5, 0.6) is 0 Å². The lowest BCUT2D eigenvalue weighted by Gasteiger charge is -2.45. The Labute approximate surface area is 258 Å². The van der Waals surface area contributed by atoms with E-state index in [1.807, 2.05) is 0 Å². The number of rotatable bonds is 7. The van der Waals surface area contributed by atoms with Crippen molar-refractivity contribution in [3.63, 3.8) is 0 Å². The molecule has 240 valence electrons. The second-order valence-corrected chi connectivity index (χ2v) is 12.1. The third-order valence-corrected chi connectivity index (χ3v) is 7.41. The molecule has 1 saturated heterocycles. The Morgan fingerprint density at radius 3 is 2.40 bits per heavy atom. The van der Waals surface area contributed by atoms with Gasteiger partial charge in [0.1, 0.15) is 40.0 Å². The number of carbonyl (C=O) groups excluding carboxylic acids is 3. The van der Waals surface area contributed by atoms with Crippen molar-refractivity contribution >= 4 is 23.5 Å². The third-order valence-electron chi connectivity index (χ3n) is 7.41. The van der Waals surface area contributed by atoms with Crippen molar-refractivity contribution in [2.45, 2.75) is 83.8 Å². The summed E-state index contributed by atoms with van der Waals surface area (Å²) in [5.74, 6) is -4.57. The van der Waals surface area contributed by atoms with Crippen molar-refractivity contribution in [2.24, 2.45) is 0 Å². The SMILES string of the molecule is CC(=O)Nc1cc(F)c(-c2nc(C(=O)Cc3cnccc3[C@H]3C[C@@H](NC(=O)OC(C)(C)C)[C@](C)(O)[C@@H](C)O3)ccc2F)c(F)c1. The number of amides is 2. The van der Waals surface area contributed by atoms with Crippen LogP contribution in [0.1, 0.15) is 75.7 Å². The van der Waals surface area contributed by atoms with Crippen molar-refractivity contribution in [2.75, 3.05) is 5.32 Å². The van der Waals surface area contributed by atoms with Crippen LogP contribution in [-0.2, 0) is 20.7 Å². The number of alkyl carbamates (subject to hydrolysis) is 1. The van der Waals surface area contributed by atoms with Crippen molar-refractivity contribution in [3.8, 4) is 11.3 Å². The largest absolute Gasteiger partial charge is 0.444 e. The molecule has 3 aromatic rings. The molecule has 10 nitrogen and oxygen atoms in total. The monoisotopic (exact) mass is 628 g/mol. The van der Waals surface area contributed by atoms with E-state index in [2.05, 4.69) is 20.6 Å². The van der Waals surface area contributed by atoms with Crippen LogP contribution < -0.4 is 10.6 Å². The highest BCUT2D eigenvalue weighted by atomic mass is 19.1. The number of aliphatic hydroxyl groups is 1. The van der Waals surface area contributed by atoms with E-state index in [4.69, 9.17) is 9.47 Å². The molecule has 1 aliphatic rings. The zero-order valence-corrected chi connectivity index (χ0v) is 25.7. The average molecular weight is 629 g/mol. The number of nitrogens with zero attached hydrogens (tertiary/aromatic N) is 2. The zero-order chi connectivity index (χ0) is 33.3. The lowest BCUT2D eigenvalue weighted by Crippen LogP contribution is -2.61. The normalized spacial score (nSPS) is 21.6. The van der Waals surface area contributed by atoms with Gasteiger partial charge < -0.3 is 25.2 Å². The van der Waals surface area contributed by atoms with E-state index in [0.717, 1.165) is 31.2 Å². The van der Waals surface area contributed by atoms with Crippen LogP contribution in [0, 0.1) is 17.5 Å². The first-order chi connectivity index (χ1) is 21.0. The molecule has 0 radical (unpaired) electrons. The van der Waals surface area contributed by atoms with Gasteiger partial charge in [-0.1, -0.05) is 0 Å². The van der Waals surface area contributed by atoms with Gasteiger partial charge in [0, 0.05) is 37.8 Å². The topological polar surface area (TPSA) is 140 Å². The van der Waals surface area contributed by atoms with Gasteiger partial charge in [-0.3, -0.25) is 14.6 Å². The number of nitrogens with one attached hydrogen (secondary N) is 2. The van der Waals surface area contributed by atoms with E-state index in [1.165, 1.54) is 12.4 Å². The number of halogens is 3. The first kappa shape index (κ1) is 33.5. The number of aromatic nitrogens is 2. The Morgan fingerprint density at radius 2 is 1.78 bits per heavy atom. The van der Waals surface area contributed by atoms with Gasteiger partial charge in [-0.25, -0.2) is 22.9 Å². The van der Waals surface area contributed by atoms with Crippen molar-refractivity contribution in [3.05, 3.63) is 77.0 Å². The maximum Gasteiger partial charge on any atom is 0.407 e. The lowest BCUT2D eigenvalue weighted by molar-refractivity contribution is -0.176. The van der Waals surface area contributed by atoms with Crippen LogP contribution >= 0.6 is 0 Å². The summed E-state index contributed by atoms with van der Waals surface area (Å²) in [6.07, 6.45) is 0.696. The minimum Gasteiger partial charge on any atom is -0.444 e. The van der Waals surface area contributed by atoms with E-state index in [-0.39, 0.29) is 24.2 Å². The number of hydrogen-bond acceptors (Lipinski definition) is 8. The molecule has 0 spiro atoms. The van der Waals surface area contributed by atoms with Crippen LogP contribution in [-0.4, -0.2) is 56.2 Å². The van der Waals surface area contributed by atoms with Crippen LogP contribution in [0.15, 0.2) is 42.7 Å². The first-order valence-electron chi connectivity index (χ1n) is 14.2. The first-order valence-corrected chi connectivity index (χ1v) is 14.2. The van der Waals surface area contributed by atoms with Gasteiger partial charge in [-0.2, -0.15) is 0 Å². The van der Waals surface area contributed by atoms with Crippen LogP contribution in [0.4, 0.5) is 23.7 Å². The van der Waals surface area contributed by atoms with Gasteiger partial charge in [0.15, 0.2) is 5.78 Å². The van der Waals surface area contributed by atoms with E-state index >= 15 is 0 Å². The standard InChI is InChI=1S/C32H35F3N4O6/c1-16-32(6,43)27(39-30(42)45-31(3,4)5)14-26(44-16)20-9-10-36-15-18(20)11-25(41)24-8-7-21(33)29(38-24)28-22(34)12-19(13-23(28)35)37-17(2)40/h7-10,12-13,15-16,26-27,43H,11,14H2,1-6H3,(H,37,40)(H,39,42)/t16-,26-,27-,32-/m1/s1. The molecule has 45 heavy (non-hydrogen) atoms. The summed E-state index contributed by atoms with van der Waals surface area (Å²) in [7, 11) is 0. The van der Waals surface area contributed by atoms with Crippen LogP contribution in [0.3, 0.4) is 0 Å². The predicted molar refractivity (Wildman–Crippen MR) is 158 cm³/mol. The molecular formula is C32H35F3N4O6. The predicted octanol–water partition coefficient (Wildman–Crippen LogP) is 5.44. The van der Waals surface area contributed by atoms with Crippen LogP contribution in [0.25, 0.3) is 11.3 Å². The molecule has 0 bridgehead atoms. The number of ether oxygens (including phenoxy) is 2. The maximum atomic E-state index is 14.9. The summed E-state index contributed by atoms with van der Waals surface area (Å²) in [5.41, 5.74) is -3.13. The molecule has 13 heteroatoms. The molecule has 0 saturated carbocycles. The summed E-state index contributed by atoms with van der Waals surface area (Å²) in [5, 5.41) is 16.1. The summed E-state index contributed by atoms with van der Waals surface area (Å²) in [6, 6.07) is 4.52. The molecule has 1 aromatic carbocycles. The lowest BCUT2D eigenvalue weighted by atomic mass is 9.82. The summed E-state index contributed by atoms with van der Waals surface area (Å²) in [6.45, 7) is 9.52. The van der Waals surface area contributed by atoms with Crippen molar-refractivity contribution < 1.29 is 42.1 Å². The van der Waals surface area contributed by atoms with Gasteiger partial charge >= 0.3 is 6.09 Å². The molecule has 4 rings (SSSR count). The highest BCUT2D eigenvalue weighted by Gasteiger charge is 2.46.